The van der Waals surface area contributed by atoms with Gasteiger partial charge in [0, 0.05) is 6.42 Å². The summed E-state index contributed by atoms with van der Waals surface area (Å²) in [5.74, 6) is 1.44. The topological polar surface area (TPSA) is 63.2 Å². The summed E-state index contributed by atoms with van der Waals surface area (Å²) in [5, 5.41) is 6.12. The highest BCUT2D eigenvalue weighted by Gasteiger charge is 2.06. The molecule has 1 heterocycles. The number of pyridine rings is 1. The van der Waals surface area contributed by atoms with Gasteiger partial charge in [-0.25, -0.2) is 4.98 Å². The van der Waals surface area contributed by atoms with E-state index in [0.29, 0.717) is 31.0 Å². The summed E-state index contributed by atoms with van der Waals surface area (Å²) in [7, 11) is 0. The van der Waals surface area contributed by atoms with Gasteiger partial charge >= 0.3 is 0 Å². The molecule has 5 nitrogen and oxygen atoms in total. The maximum absolute atomic E-state index is 12.1. The molecule has 3 rings (SSSR count). The number of nitrogens with one attached hydrogen (secondary N) is 2. The molecule has 0 spiro atoms. The summed E-state index contributed by atoms with van der Waals surface area (Å²) < 4.78 is 5.60. The van der Waals surface area contributed by atoms with Crippen LogP contribution in [0, 0.1) is 0 Å². The molecule has 0 fully saturated rings. The Morgan fingerprint density at radius 2 is 1.78 bits per heavy atom. The van der Waals surface area contributed by atoms with Crippen LogP contribution in [-0.2, 0) is 11.2 Å². The number of hydrogen-bond donors (Lipinski definition) is 2. The van der Waals surface area contributed by atoms with Crippen LogP contribution in [0.25, 0.3) is 0 Å². The van der Waals surface area contributed by atoms with Gasteiger partial charge in [-0.05, 0) is 43.2 Å². The van der Waals surface area contributed by atoms with E-state index in [-0.39, 0.29) is 5.91 Å². The zero-order chi connectivity index (χ0) is 18.9. The Kier molecular flexibility index (Phi) is 6.41. The maximum atomic E-state index is 12.1. The molecule has 5 heteroatoms. The fraction of sp³-hybridized carbons (Fsp3) is 0.182. The lowest BCUT2D eigenvalue weighted by Crippen LogP contribution is -2.12. The van der Waals surface area contributed by atoms with E-state index >= 15 is 0 Å². The largest absolute Gasteiger partial charge is 0.492 e. The van der Waals surface area contributed by atoms with Crippen LogP contribution in [-0.4, -0.2) is 17.5 Å². The first kappa shape index (κ1) is 18.5. The lowest BCUT2D eigenvalue weighted by atomic mass is 10.1. The van der Waals surface area contributed by atoms with Crippen LogP contribution in [0.3, 0.4) is 0 Å². The van der Waals surface area contributed by atoms with Crippen molar-refractivity contribution in [1.82, 2.24) is 4.98 Å². The van der Waals surface area contributed by atoms with Gasteiger partial charge in [0.15, 0.2) is 0 Å². The molecule has 0 aliphatic heterocycles. The molecule has 2 N–H and O–H groups in total. The first-order chi connectivity index (χ1) is 13.2. The number of nitrogens with zero attached hydrogens (tertiary/aromatic N) is 1. The van der Waals surface area contributed by atoms with E-state index < -0.39 is 0 Å². The predicted octanol–water partition coefficient (Wildman–Crippen LogP) is 4.80. The van der Waals surface area contributed by atoms with Crippen LogP contribution < -0.4 is 15.4 Å². The first-order valence-electron chi connectivity index (χ1n) is 9.03. The Bertz CT molecular complexity index is 864. The molecule has 0 bridgehead atoms. The molecule has 1 amide bonds. The molecule has 0 aliphatic rings. The Morgan fingerprint density at radius 1 is 1.00 bits per heavy atom. The van der Waals surface area contributed by atoms with Gasteiger partial charge in [-0.3, -0.25) is 4.79 Å². The first-order valence-corrected chi connectivity index (χ1v) is 9.03. The smallest absolute Gasteiger partial charge is 0.224 e. The zero-order valence-electron chi connectivity index (χ0n) is 15.3. The third-order valence-corrected chi connectivity index (χ3v) is 3.98. The van der Waals surface area contributed by atoms with Crippen LogP contribution in [0.1, 0.15) is 18.9 Å². The van der Waals surface area contributed by atoms with Gasteiger partial charge in [0.25, 0.3) is 0 Å². The number of para-hydroxylation sites is 2. The van der Waals surface area contributed by atoms with Crippen molar-refractivity contribution in [2.45, 2.75) is 19.8 Å². The quantitative estimate of drug-likeness (QED) is 0.605. The van der Waals surface area contributed by atoms with E-state index in [2.05, 4.69) is 15.6 Å². The SMILES string of the molecule is CCOc1ccccc1Nc1ccc(NC(=O)CCc2ccccc2)cn1. The third-order valence-electron chi connectivity index (χ3n) is 3.98. The summed E-state index contributed by atoms with van der Waals surface area (Å²) in [4.78, 5) is 16.5. The molecular formula is C22H23N3O2. The lowest BCUT2D eigenvalue weighted by molar-refractivity contribution is -0.116. The fourth-order valence-corrected chi connectivity index (χ4v) is 2.66. The van der Waals surface area contributed by atoms with E-state index in [0.717, 1.165) is 17.0 Å². The Morgan fingerprint density at radius 3 is 2.52 bits per heavy atom. The molecule has 0 atom stereocenters. The number of aryl methyl sites for hydroxylation is 1. The minimum Gasteiger partial charge on any atom is -0.492 e. The molecule has 138 valence electrons. The number of aromatic nitrogens is 1. The number of ether oxygens (including phenoxy) is 1. The van der Waals surface area contributed by atoms with E-state index in [4.69, 9.17) is 4.74 Å². The van der Waals surface area contributed by atoms with Crippen LogP contribution in [0.5, 0.6) is 5.75 Å². The Labute approximate surface area is 159 Å². The van der Waals surface area contributed by atoms with Crippen molar-refractivity contribution >= 4 is 23.1 Å². The second-order valence-corrected chi connectivity index (χ2v) is 6.02. The van der Waals surface area contributed by atoms with Gasteiger partial charge < -0.3 is 15.4 Å². The van der Waals surface area contributed by atoms with Crippen molar-refractivity contribution < 1.29 is 9.53 Å². The molecule has 0 radical (unpaired) electrons. The summed E-state index contributed by atoms with van der Waals surface area (Å²) in [5.41, 5.74) is 2.68. The minimum absolute atomic E-state index is 0.0250. The summed E-state index contributed by atoms with van der Waals surface area (Å²) in [6, 6.07) is 21.3. The highest BCUT2D eigenvalue weighted by atomic mass is 16.5. The van der Waals surface area contributed by atoms with Crippen molar-refractivity contribution in [1.29, 1.82) is 0 Å². The third kappa shape index (κ3) is 5.57. The number of rotatable bonds is 8. The molecule has 3 aromatic rings. The van der Waals surface area contributed by atoms with Crippen LogP contribution in [0.2, 0.25) is 0 Å². The Balaban J connectivity index is 1.55. The average molecular weight is 361 g/mol. The average Bonchev–Trinajstić information content (AvgIpc) is 2.70. The van der Waals surface area contributed by atoms with E-state index in [1.54, 1.807) is 6.20 Å². The van der Waals surface area contributed by atoms with Gasteiger partial charge in [0.1, 0.15) is 11.6 Å². The summed E-state index contributed by atoms with van der Waals surface area (Å²) >= 11 is 0. The summed E-state index contributed by atoms with van der Waals surface area (Å²) in [6.07, 6.45) is 2.80. The van der Waals surface area contributed by atoms with Crippen molar-refractivity contribution in [3.63, 3.8) is 0 Å². The number of anilines is 3. The lowest BCUT2D eigenvalue weighted by Gasteiger charge is -2.12. The van der Waals surface area contributed by atoms with Crippen molar-refractivity contribution in [2.24, 2.45) is 0 Å². The van der Waals surface area contributed by atoms with Crippen LogP contribution in [0.15, 0.2) is 72.9 Å². The summed E-state index contributed by atoms with van der Waals surface area (Å²) in [6.45, 7) is 2.55. The molecule has 0 saturated heterocycles. The van der Waals surface area contributed by atoms with Gasteiger partial charge in [-0.1, -0.05) is 42.5 Å². The number of amides is 1. The van der Waals surface area contributed by atoms with Gasteiger partial charge in [0.05, 0.1) is 24.2 Å². The van der Waals surface area contributed by atoms with E-state index in [1.165, 1.54) is 0 Å². The van der Waals surface area contributed by atoms with Crippen LogP contribution >= 0.6 is 0 Å². The normalized spacial score (nSPS) is 10.3. The number of carbonyl (C=O) groups is 1. The number of benzene rings is 2. The fourth-order valence-electron chi connectivity index (χ4n) is 2.66. The molecular weight excluding hydrogens is 338 g/mol. The van der Waals surface area contributed by atoms with Crippen molar-refractivity contribution in [2.75, 3.05) is 17.2 Å². The Hall–Kier alpha value is -3.34. The van der Waals surface area contributed by atoms with Crippen molar-refractivity contribution in [3.8, 4) is 5.75 Å². The molecule has 1 aromatic heterocycles. The van der Waals surface area contributed by atoms with Crippen molar-refractivity contribution in [3.05, 3.63) is 78.5 Å². The minimum atomic E-state index is -0.0250. The zero-order valence-corrected chi connectivity index (χ0v) is 15.3. The van der Waals surface area contributed by atoms with Gasteiger partial charge in [-0.2, -0.15) is 0 Å². The molecule has 0 unspecified atom stereocenters. The monoisotopic (exact) mass is 361 g/mol. The predicted molar refractivity (Wildman–Crippen MR) is 109 cm³/mol. The molecule has 0 saturated carbocycles. The van der Waals surface area contributed by atoms with Gasteiger partial charge in [0.2, 0.25) is 5.91 Å². The standard InChI is InChI=1S/C22H23N3O2/c1-2-27-20-11-7-6-10-19(20)25-21-14-13-18(16-23-21)24-22(26)15-12-17-8-4-3-5-9-17/h3-11,13-14,16H,2,12,15H2,1H3,(H,23,25)(H,24,26). The number of hydrogen-bond acceptors (Lipinski definition) is 4. The highest BCUT2D eigenvalue weighted by Crippen LogP contribution is 2.26. The maximum Gasteiger partial charge on any atom is 0.224 e. The van der Waals surface area contributed by atoms with Crippen LogP contribution in [0.4, 0.5) is 17.2 Å². The molecule has 27 heavy (non-hydrogen) atoms. The van der Waals surface area contributed by atoms with E-state index in [9.17, 15) is 4.79 Å². The highest BCUT2D eigenvalue weighted by molar-refractivity contribution is 5.90. The number of carbonyl (C=O) groups excluding carboxylic acids is 1. The van der Waals surface area contributed by atoms with Gasteiger partial charge in [-0.15, -0.1) is 0 Å². The van der Waals surface area contributed by atoms with E-state index in [1.807, 2.05) is 73.7 Å². The second-order valence-electron chi connectivity index (χ2n) is 6.02. The second kappa shape index (κ2) is 9.38. The molecule has 2 aromatic carbocycles. The molecule has 0 aliphatic carbocycles.